The molecule has 1 aromatic carbocycles. The average molecular weight is 297 g/mol. The number of rotatable bonds is 6. The lowest BCUT2D eigenvalue weighted by molar-refractivity contribution is 0.216. The molecule has 0 bridgehead atoms. The lowest BCUT2D eigenvalue weighted by Crippen LogP contribution is -2.30. The molecule has 0 fully saturated rings. The van der Waals surface area contributed by atoms with Gasteiger partial charge in [0, 0.05) is 18.7 Å². The molecule has 2 N–H and O–H groups in total. The Morgan fingerprint density at radius 3 is 2.85 bits per heavy atom. The summed E-state index contributed by atoms with van der Waals surface area (Å²) in [6.07, 6.45) is 0. The maximum Gasteiger partial charge on any atom is 0.214 e. The number of aliphatic hydroxyl groups excluding tert-OH is 1. The van der Waals surface area contributed by atoms with Crippen molar-refractivity contribution in [3.63, 3.8) is 0 Å². The van der Waals surface area contributed by atoms with E-state index in [2.05, 4.69) is 16.6 Å². The Balaban J connectivity index is 2.79. The van der Waals surface area contributed by atoms with Crippen molar-refractivity contribution in [3.05, 3.63) is 35.4 Å². The first-order valence-corrected chi connectivity index (χ1v) is 7.82. The lowest BCUT2D eigenvalue weighted by Gasteiger charge is -2.14. The summed E-state index contributed by atoms with van der Waals surface area (Å²) in [5, 5.41) is 8.66. The van der Waals surface area contributed by atoms with Crippen molar-refractivity contribution in [2.24, 2.45) is 0 Å². The maximum atomic E-state index is 11.8. The van der Waals surface area contributed by atoms with Crippen molar-refractivity contribution >= 4 is 10.0 Å². The molecule has 1 rings (SSSR count). The van der Waals surface area contributed by atoms with Crippen LogP contribution in [-0.2, 0) is 14.8 Å². The highest BCUT2D eigenvalue weighted by Gasteiger charge is 2.15. The highest BCUT2D eigenvalue weighted by molar-refractivity contribution is 7.89. The van der Waals surface area contributed by atoms with Crippen molar-refractivity contribution in [2.45, 2.75) is 13.0 Å². The van der Waals surface area contributed by atoms with E-state index in [-0.39, 0.29) is 25.0 Å². The van der Waals surface area contributed by atoms with Crippen LogP contribution in [-0.4, -0.2) is 39.6 Å². The highest BCUT2D eigenvalue weighted by Crippen LogP contribution is 2.14. The van der Waals surface area contributed by atoms with Gasteiger partial charge < -0.3 is 9.84 Å². The predicted molar refractivity (Wildman–Crippen MR) is 77.6 cm³/mol. The molecule has 0 aliphatic rings. The van der Waals surface area contributed by atoms with Crippen LogP contribution in [0.3, 0.4) is 0 Å². The topological polar surface area (TPSA) is 75.6 Å². The van der Waals surface area contributed by atoms with Gasteiger partial charge in [-0.25, -0.2) is 13.1 Å². The van der Waals surface area contributed by atoms with Crippen molar-refractivity contribution in [1.82, 2.24) is 4.72 Å². The predicted octanol–water partition coefficient (Wildman–Crippen LogP) is 0.657. The molecular weight excluding hydrogens is 278 g/mol. The summed E-state index contributed by atoms with van der Waals surface area (Å²) >= 11 is 0. The van der Waals surface area contributed by atoms with E-state index in [1.807, 2.05) is 6.07 Å². The van der Waals surface area contributed by atoms with Gasteiger partial charge >= 0.3 is 0 Å². The van der Waals surface area contributed by atoms with E-state index in [4.69, 9.17) is 9.84 Å². The van der Waals surface area contributed by atoms with Crippen LogP contribution in [0.5, 0.6) is 0 Å². The summed E-state index contributed by atoms with van der Waals surface area (Å²) in [6.45, 7) is 1.72. The first-order chi connectivity index (χ1) is 9.48. The third-order valence-electron chi connectivity index (χ3n) is 2.61. The largest absolute Gasteiger partial charge is 0.384 e. The molecule has 0 amide bonds. The fourth-order valence-corrected chi connectivity index (χ4v) is 2.80. The SMILES string of the molecule is COCCS(=O)(=O)NC(C)c1cccc(C#CCO)c1. The molecule has 110 valence electrons. The molecule has 1 unspecified atom stereocenters. The highest BCUT2D eigenvalue weighted by atomic mass is 32.2. The fourth-order valence-electron chi connectivity index (χ4n) is 1.62. The van der Waals surface area contributed by atoms with Crippen LogP contribution in [0.2, 0.25) is 0 Å². The van der Waals surface area contributed by atoms with Crippen LogP contribution >= 0.6 is 0 Å². The number of benzene rings is 1. The zero-order valence-electron chi connectivity index (χ0n) is 11.6. The van der Waals surface area contributed by atoms with Gasteiger partial charge in [-0.1, -0.05) is 24.0 Å². The summed E-state index contributed by atoms with van der Waals surface area (Å²) in [7, 11) is -1.91. The Bertz CT molecular complexity index is 587. The number of ether oxygens (including phenoxy) is 1. The van der Waals surface area contributed by atoms with Gasteiger partial charge in [0.1, 0.15) is 6.61 Å². The summed E-state index contributed by atoms with van der Waals surface area (Å²) in [4.78, 5) is 0. The molecule has 6 heteroatoms. The number of methoxy groups -OCH3 is 1. The summed E-state index contributed by atoms with van der Waals surface area (Å²) in [6, 6.07) is 6.88. The van der Waals surface area contributed by atoms with Gasteiger partial charge in [0.05, 0.1) is 12.4 Å². The summed E-state index contributed by atoms with van der Waals surface area (Å²) in [5.74, 6) is 5.28. The Kier molecular flexibility index (Phi) is 6.68. The molecular formula is C14H19NO4S. The Morgan fingerprint density at radius 2 is 2.20 bits per heavy atom. The summed E-state index contributed by atoms with van der Waals surface area (Å²) in [5.41, 5.74) is 1.55. The Labute approximate surface area is 120 Å². The maximum absolute atomic E-state index is 11.8. The number of hydrogen-bond donors (Lipinski definition) is 2. The molecule has 1 atom stereocenters. The number of nitrogens with one attached hydrogen (secondary N) is 1. The third-order valence-corrected chi connectivity index (χ3v) is 4.03. The molecule has 0 aliphatic heterocycles. The van der Waals surface area contributed by atoms with E-state index >= 15 is 0 Å². The van der Waals surface area contributed by atoms with Crippen molar-refractivity contribution in [2.75, 3.05) is 26.1 Å². The molecule has 0 aromatic heterocycles. The van der Waals surface area contributed by atoms with E-state index in [9.17, 15) is 8.42 Å². The van der Waals surface area contributed by atoms with Gasteiger partial charge in [-0.05, 0) is 24.6 Å². The van der Waals surface area contributed by atoms with E-state index in [1.165, 1.54) is 7.11 Å². The fraction of sp³-hybridized carbons (Fsp3) is 0.429. The zero-order valence-corrected chi connectivity index (χ0v) is 12.4. The van der Waals surface area contributed by atoms with Gasteiger partial charge in [0.25, 0.3) is 0 Å². The third kappa shape index (κ3) is 5.72. The number of sulfonamides is 1. The molecule has 20 heavy (non-hydrogen) atoms. The van der Waals surface area contributed by atoms with Crippen LogP contribution in [0.1, 0.15) is 24.1 Å². The smallest absolute Gasteiger partial charge is 0.214 e. The first-order valence-electron chi connectivity index (χ1n) is 6.17. The van der Waals surface area contributed by atoms with Crippen molar-refractivity contribution in [1.29, 1.82) is 0 Å². The first kappa shape index (κ1) is 16.7. The van der Waals surface area contributed by atoms with E-state index in [0.717, 1.165) is 11.1 Å². The second kappa shape index (κ2) is 8.02. The monoisotopic (exact) mass is 297 g/mol. The molecule has 0 saturated carbocycles. The quantitative estimate of drug-likeness (QED) is 0.756. The second-order valence-electron chi connectivity index (χ2n) is 4.24. The number of hydrogen-bond acceptors (Lipinski definition) is 4. The minimum Gasteiger partial charge on any atom is -0.384 e. The molecule has 0 heterocycles. The summed E-state index contributed by atoms with van der Waals surface area (Å²) < 4.78 is 30.9. The molecule has 0 saturated heterocycles. The molecule has 5 nitrogen and oxygen atoms in total. The standard InChI is InChI=1S/C14H19NO4S/c1-12(15-20(17,18)10-9-19-2)14-7-3-5-13(11-14)6-4-8-16/h3,5,7,11-12,15-16H,8-10H2,1-2H3. The van der Waals surface area contributed by atoms with Crippen LogP contribution in [0.4, 0.5) is 0 Å². The Morgan fingerprint density at radius 1 is 1.45 bits per heavy atom. The van der Waals surface area contributed by atoms with Crippen LogP contribution in [0.15, 0.2) is 24.3 Å². The minimum atomic E-state index is -3.37. The molecule has 1 aromatic rings. The van der Waals surface area contributed by atoms with E-state index in [0.29, 0.717) is 0 Å². The van der Waals surface area contributed by atoms with Crippen LogP contribution in [0.25, 0.3) is 0 Å². The van der Waals surface area contributed by atoms with E-state index < -0.39 is 10.0 Å². The van der Waals surface area contributed by atoms with Gasteiger partial charge in [-0.2, -0.15) is 0 Å². The van der Waals surface area contributed by atoms with Crippen molar-refractivity contribution < 1.29 is 18.3 Å². The van der Waals surface area contributed by atoms with Gasteiger partial charge in [0.15, 0.2) is 0 Å². The van der Waals surface area contributed by atoms with E-state index in [1.54, 1.807) is 25.1 Å². The molecule has 0 spiro atoms. The normalized spacial score (nSPS) is 12.6. The molecule has 0 radical (unpaired) electrons. The van der Waals surface area contributed by atoms with Crippen molar-refractivity contribution in [3.8, 4) is 11.8 Å². The lowest BCUT2D eigenvalue weighted by atomic mass is 10.1. The van der Waals surface area contributed by atoms with Gasteiger partial charge in [0.2, 0.25) is 10.0 Å². The zero-order chi connectivity index (χ0) is 15.0. The van der Waals surface area contributed by atoms with Gasteiger partial charge in [-0.3, -0.25) is 0 Å². The average Bonchev–Trinajstić information content (AvgIpc) is 2.43. The van der Waals surface area contributed by atoms with Gasteiger partial charge in [-0.15, -0.1) is 0 Å². The van der Waals surface area contributed by atoms with Crippen LogP contribution in [0, 0.1) is 11.8 Å². The van der Waals surface area contributed by atoms with Crippen LogP contribution < -0.4 is 4.72 Å². The molecule has 0 aliphatic carbocycles. The number of aliphatic hydroxyl groups is 1. The minimum absolute atomic E-state index is 0.0716. The Hall–Kier alpha value is -1.39. The second-order valence-corrected chi connectivity index (χ2v) is 6.11.